The number of anilines is 1. The molecule has 5 heteroatoms. The van der Waals surface area contributed by atoms with E-state index in [1.165, 1.54) is 5.56 Å². The summed E-state index contributed by atoms with van der Waals surface area (Å²) in [5.74, 6) is 0.778. The molecule has 0 aliphatic carbocycles. The van der Waals surface area contributed by atoms with Crippen LogP contribution in [-0.4, -0.2) is 11.6 Å². The first-order valence-electron chi connectivity index (χ1n) is 7.96. The molecule has 4 nitrogen and oxygen atoms in total. The summed E-state index contributed by atoms with van der Waals surface area (Å²) >= 11 is 0. The van der Waals surface area contributed by atoms with Gasteiger partial charge in [-0.1, -0.05) is 29.8 Å². The number of aromatic nitrogens is 1. The molecular weight excluding hydrogens is 334 g/mol. The summed E-state index contributed by atoms with van der Waals surface area (Å²) in [6, 6.07) is 16.3. The Morgan fingerprint density at radius 1 is 1.16 bits per heavy atom. The Morgan fingerprint density at radius 3 is 2.60 bits per heavy atom. The fourth-order valence-corrected chi connectivity index (χ4v) is 2.60. The molecule has 25 heavy (non-hydrogen) atoms. The van der Waals surface area contributed by atoms with Gasteiger partial charge in [0.05, 0.1) is 23.4 Å². The topological polar surface area (TPSA) is 57.9 Å². The van der Waals surface area contributed by atoms with Crippen LogP contribution in [0.25, 0.3) is 10.9 Å². The molecule has 0 aliphatic heterocycles. The molecule has 3 rings (SSSR count). The van der Waals surface area contributed by atoms with Gasteiger partial charge in [0, 0.05) is 18.1 Å². The molecule has 0 fully saturated rings. The number of fused-ring (bicyclic) bond motifs is 1. The van der Waals surface area contributed by atoms with Crippen molar-refractivity contribution in [2.45, 2.75) is 20.4 Å². The predicted molar refractivity (Wildman–Crippen MR) is 103 cm³/mol. The second-order valence-electron chi connectivity index (χ2n) is 5.61. The maximum absolute atomic E-state index is 9.42. The minimum atomic E-state index is 0. The van der Waals surface area contributed by atoms with E-state index < -0.39 is 0 Å². The van der Waals surface area contributed by atoms with E-state index in [2.05, 4.69) is 47.6 Å². The van der Waals surface area contributed by atoms with Gasteiger partial charge in [0.1, 0.15) is 11.8 Å². The Labute approximate surface area is 153 Å². The summed E-state index contributed by atoms with van der Waals surface area (Å²) in [5, 5.41) is 13.7. The summed E-state index contributed by atoms with van der Waals surface area (Å²) in [5.41, 5.74) is 4.55. The highest BCUT2D eigenvalue weighted by Gasteiger charge is 2.10. The molecule has 0 spiro atoms. The molecule has 0 radical (unpaired) electrons. The van der Waals surface area contributed by atoms with E-state index >= 15 is 0 Å². The van der Waals surface area contributed by atoms with Crippen LogP contribution in [-0.2, 0) is 6.54 Å². The smallest absolute Gasteiger partial charge is 0.120 e. The van der Waals surface area contributed by atoms with Gasteiger partial charge in [-0.2, -0.15) is 5.26 Å². The second kappa shape index (κ2) is 8.36. The van der Waals surface area contributed by atoms with Gasteiger partial charge >= 0.3 is 0 Å². The van der Waals surface area contributed by atoms with Gasteiger partial charge in [-0.25, -0.2) is 0 Å². The molecule has 128 valence electrons. The van der Waals surface area contributed by atoms with Gasteiger partial charge in [-0.3, -0.25) is 4.98 Å². The number of pyridine rings is 1. The number of nitrogens with zero attached hydrogens (tertiary/aromatic N) is 2. The molecule has 0 saturated heterocycles. The molecule has 0 atom stereocenters. The van der Waals surface area contributed by atoms with Gasteiger partial charge in [-0.15, -0.1) is 12.4 Å². The van der Waals surface area contributed by atoms with Crippen LogP contribution >= 0.6 is 12.4 Å². The summed E-state index contributed by atoms with van der Waals surface area (Å²) in [6.45, 7) is 5.26. The van der Waals surface area contributed by atoms with Gasteiger partial charge in [0.2, 0.25) is 0 Å². The first-order valence-corrected chi connectivity index (χ1v) is 7.96. The molecule has 0 unspecified atom stereocenters. The van der Waals surface area contributed by atoms with Crippen LogP contribution in [0.15, 0.2) is 48.7 Å². The summed E-state index contributed by atoms with van der Waals surface area (Å²) in [6.07, 6.45) is 1.61. The van der Waals surface area contributed by atoms with E-state index in [1.807, 2.05) is 25.1 Å². The molecule has 0 bridgehead atoms. The maximum Gasteiger partial charge on any atom is 0.120 e. The van der Waals surface area contributed by atoms with Gasteiger partial charge in [-0.05, 0) is 37.6 Å². The number of hydrogen-bond donors (Lipinski definition) is 1. The van der Waals surface area contributed by atoms with Crippen molar-refractivity contribution < 1.29 is 4.74 Å². The summed E-state index contributed by atoms with van der Waals surface area (Å²) in [7, 11) is 0. The standard InChI is InChI=1S/C20H19N3O.ClH/c1-3-24-17-8-9-19-18(10-17)20(16(11-21)13-22-19)23-12-15-6-4-14(2)5-7-15;/h4-10,13H,3,12H2,1-2H3,(H,22,23);1H. The second-order valence-corrected chi connectivity index (χ2v) is 5.61. The number of nitrogens with one attached hydrogen (secondary N) is 1. The average molecular weight is 354 g/mol. The Balaban J connectivity index is 0.00000225. The van der Waals surface area contributed by atoms with Gasteiger partial charge < -0.3 is 10.1 Å². The van der Waals surface area contributed by atoms with Gasteiger partial charge in [0.25, 0.3) is 0 Å². The lowest BCUT2D eigenvalue weighted by Crippen LogP contribution is -2.03. The highest BCUT2D eigenvalue weighted by Crippen LogP contribution is 2.29. The third-order valence-electron chi connectivity index (χ3n) is 3.86. The number of aryl methyl sites for hydroxylation is 1. The van der Waals surface area contributed by atoms with E-state index in [1.54, 1.807) is 6.20 Å². The lowest BCUT2D eigenvalue weighted by molar-refractivity contribution is 0.340. The first-order chi connectivity index (χ1) is 11.7. The highest BCUT2D eigenvalue weighted by atomic mass is 35.5. The number of nitriles is 1. The summed E-state index contributed by atoms with van der Waals surface area (Å²) < 4.78 is 5.58. The average Bonchev–Trinajstić information content (AvgIpc) is 2.61. The predicted octanol–water partition coefficient (Wildman–Crippen LogP) is 4.85. The minimum Gasteiger partial charge on any atom is -0.494 e. The third kappa shape index (κ3) is 4.20. The number of ether oxygens (including phenoxy) is 1. The highest BCUT2D eigenvalue weighted by molar-refractivity contribution is 5.94. The van der Waals surface area contributed by atoms with Crippen LogP contribution in [0.1, 0.15) is 23.6 Å². The van der Waals surface area contributed by atoms with Crippen molar-refractivity contribution in [1.29, 1.82) is 5.26 Å². The fraction of sp³-hybridized carbons (Fsp3) is 0.200. The normalized spacial score (nSPS) is 9.96. The maximum atomic E-state index is 9.42. The van der Waals surface area contributed by atoms with Crippen LogP contribution in [0.3, 0.4) is 0 Å². The zero-order valence-corrected chi connectivity index (χ0v) is 15.1. The van der Waals surface area contributed by atoms with Crippen molar-refractivity contribution in [3.05, 3.63) is 65.4 Å². The SMILES string of the molecule is CCOc1ccc2ncc(C#N)c(NCc3ccc(C)cc3)c2c1.Cl. The van der Waals surface area contributed by atoms with E-state index in [9.17, 15) is 5.26 Å². The molecule has 1 aromatic heterocycles. The van der Waals surface area contributed by atoms with Crippen LogP contribution in [0.5, 0.6) is 5.75 Å². The fourth-order valence-electron chi connectivity index (χ4n) is 2.60. The molecule has 0 aliphatic rings. The van der Waals surface area contributed by atoms with Crippen molar-refractivity contribution in [1.82, 2.24) is 4.98 Å². The van der Waals surface area contributed by atoms with Gasteiger partial charge in [0.15, 0.2) is 0 Å². The van der Waals surface area contributed by atoms with E-state index in [-0.39, 0.29) is 12.4 Å². The Morgan fingerprint density at radius 2 is 1.92 bits per heavy atom. The molecule has 0 amide bonds. The Bertz CT molecular complexity index is 901. The van der Waals surface area contributed by atoms with Crippen molar-refractivity contribution in [3.8, 4) is 11.8 Å². The van der Waals surface area contributed by atoms with Crippen LogP contribution < -0.4 is 10.1 Å². The van der Waals surface area contributed by atoms with E-state index in [0.29, 0.717) is 18.7 Å². The quantitative estimate of drug-likeness (QED) is 0.712. The van der Waals surface area contributed by atoms with E-state index in [0.717, 1.165) is 27.9 Å². The molecular formula is C20H20ClN3O. The Hall–Kier alpha value is -2.77. The zero-order valence-electron chi connectivity index (χ0n) is 14.2. The van der Waals surface area contributed by atoms with Crippen LogP contribution in [0, 0.1) is 18.3 Å². The molecule has 2 aromatic carbocycles. The lowest BCUT2D eigenvalue weighted by Gasteiger charge is -2.13. The number of halogens is 1. The molecule has 1 N–H and O–H groups in total. The molecule has 1 heterocycles. The first kappa shape index (κ1) is 18.6. The van der Waals surface area contributed by atoms with Crippen molar-refractivity contribution in [2.24, 2.45) is 0 Å². The number of rotatable bonds is 5. The zero-order chi connectivity index (χ0) is 16.9. The van der Waals surface area contributed by atoms with Crippen LogP contribution in [0.2, 0.25) is 0 Å². The van der Waals surface area contributed by atoms with Crippen molar-refractivity contribution >= 4 is 29.0 Å². The van der Waals surface area contributed by atoms with E-state index in [4.69, 9.17) is 4.74 Å². The summed E-state index contributed by atoms with van der Waals surface area (Å²) in [4.78, 5) is 4.36. The van der Waals surface area contributed by atoms with Crippen LogP contribution in [0.4, 0.5) is 5.69 Å². The largest absolute Gasteiger partial charge is 0.494 e. The number of benzene rings is 2. The Kier molecular flexibility index (Phi) is 6.21. The third-order valence-corrected chi connectivity index (χ3v) is 3.86. The monoisotopic (exact) mass is 353 g/mol. The number of hydrogen-bond acceptors (Lipinski definition) is 4. The van der Waals surface area contributed by atoms with Crippen molar-refractivity contribution in [2.75, 3.05) is 11.9 Å². The molecule has 3 aromatic rings. The van der Waals surface area contributed by atoms with Crippen molar-refractivity contribution in [3.63, 3.8) is 0 Å². The minimum absolute atomic E-state index is 0. The molecule has 0 saturated carbocycles. The lowest BCUT2D eigenvalue weighted by atomic mass is 10.1.